The van der Waals surface area contributed by atoms with E-state index in [1.165, 1.54) is 16.7 Å². The van der Waals surface area contributed by atoms with Gasteiger partial charge in [-0.15, -0.1) is 0 Å². The van der Waals surface area contributed by atoms with E-state index < -0.39 is 26.9 Å². The first-order valence-corrected chi connectivity index (χ1v) is 22.3. The number of fused-ring (bicyclic) bond motifs is 1. The summed E-state index contributed by atoms with van der Waals surface area (Å²) in [7, 11) is 0. The van der Waals surface area contributed by atoms with Gasteiger partial charge < -0.3 is 24.8 Å². The molecule has 0 radical (unpaired) electrons. The van der Waals surface area contributed by atoms with Crippen LogP contribution in [0.1, 0.15) is 51.5 Å². The third kappa shape index (κ3) is 5.68. The quantitative estimate of drug-likeness (QED) is 0.450. The molecule has 0 fully saturated rings. The Kier molecular flexibility index (Phi) is 9.40. The first kappa shape index (κ1) is 25.4. The maximum absolute atomic E-state index is 13.0. The van der Waals surface area contributed by atoms with Crippen LogP contribution >= 0.6 is 0 Å². The Morgan fingerprint density at radius 3 is 2.36 bits per heavy atom. The van der Waals surface area contributed by atoms with Crippen LogP contribution in [-0.4, -0.2) is 11.9 Å². The van der Waals surface area contributed by atoms with Gasteiger partial charge in [0, 0.05) is 0 Å². The average molecular weight is 600 g/mol. The summed E-state index contributed by atoms with van der Waals surface area (Å²) in [5.74, 6) is -0.757. The molecule has 1 amide bonds. The fourth-order valence-electron chi connectivity index (χ4n) is 3.43. The van der Waals surface area contributed by atoms with Crippen LogP contribution in [0.3, 0.4) is 0 Å². The van der Waals surface area contributed by atoms with Crippen LogP contribution < -0.4 is 28.1 Å². The number of carbonyl (C=O) groups is 1. The Bertz CT molecular complexity index is 848. The molecule has 1 N–H and O–H groups in total. The van der Waals surface area contributed by atoms with Crippen molar-refractivity contribution in [3.8, 4) is 0 Å². The van der Waals surface area contributed by atoms with Crippen LogP contribution in [0.15, 0.2) is 54.6 Å². The molecule has 2 aromatic carbocycles. The van der Waals surface area contributed by atoms with Crippen LogP contribution in [0.2, 0.25) is 13.1 Å². The maximum atomic E-state index is 13.0. The van der Waals surface area contributed by atoms with Gasteiger partial charge in [-0.1, -0.05) is 0 Å². The average Bonchev–Trinajstić information content (AvgIpc) is 3.02. The molecular weight excluding hydrogens is 572 g/mol. The van der Waals surface area contributed by atoms with E-state index in [0.717, 1.165) is 5.56 Å². The van der Waals surface area contributed by atoms with Crippen molar-refractivity contribution in [3.63, 3.8) is 0 Å². The number of nitrogens with one attached hydrogen (secondary N) is 1. The molecule has 0 heterocycles. The largest absolute Gasteiger partial charge is 1.00 e. The predicted octanol–water partition coefficient (Wildman–Crippen LogP) is -0.993. The summed E-state index contributed by atoms with van der Waals surface area (Å²) in [5, 5.41) is 0. The molecule has 1 unspecified atom stereocenters. The van der Waals surface area contributed by atoms with E-state index >= 15 is 0 Å². The van der Waals surface area contributed by atoms with Crippen molar-refractivity contribution in [1.29, 1.82) is 0 Å². The van der Waals surface area contributed by atoms with Gasteiger partial charge in [-0.2, -0.15) is 0 Å². The zero-order valence-corrected chi connectivity index (χ0v) is 23.4. The van der Waals surface area contributed by atoms with Gasteiger partial charge >= 0.3 is 167 Å². The van der Waals surface area contributed by atoms with Crippen LogP contribution in [0.5, 0.6) is 0 Å². The molecule has 1 atom stereocenters. The standard InChI is InChI=1S/C11H15NO.C9H7.C2H7Si.2ClH.Hf/c1-11(2,3)9-6-4-5-8(7-9)10(12)13;1-2-5-9-7-3-6-8(9)4-1;1-3-2;;;/h4-7H,1-3H3,(H2,12,13);1-7H;3H,1-2H3;2*1H;/q;;;;;+3/p-3. The number of amides is 1. The van der Waals surface area contributed by atoms with Crippen molar-refractivity contribution in [2.75, 3.05) is 0 Å². The summed E-state index contributed by atoms with van der Waals surface area (Å²) in [5.41, 5.74) is 4.84. The van der Waals surface area contributed by atoms with E-state index in [9.17, 15) is 4.79 Å². The summed E-state index contributed by atoms with van der Waals surface area (Å²) >= 11 is -2.30. The second-order valence-electron chi connectivity index (χ2n) is 8.36. The minimum Gasteiger partial charge on any atom is -1.00 e. The molecule has 0 saturated heterocycles. The van der Waals surface area contributed by atoms with Crippen molar-refractivity contribution in [1.82, 2.24) is 3.30 Å². The van der Waals surface area contributed by atoms with Crippen LogP contribution in [0.4, 0.5) is 0 Å². The third-order valence-corrected chi connectivity index (χ3v) is 29.8. The molecule has 6 heteroatoms. The normalized spacial score (nSPS) is 14.7. The minimum atomic E-state index is -2.30. The van der Waals surface area contributed by atoms with Crippen LogP contribution in [-0.2, 0) is 26.3 Å². The van der Waals surface area contributed by atoms with Crippen molar-refractivity contribution in [3.05, 3.63) is 76.9 Å². The molecule has 28 heavy (non-hydrogen) atoms. The molecule has 1 aliphatic rings. The van der Waals surface area contributed by atoms with Crippen molar-refractivity contribution >= 4 is 18.0 Å². The zero-order chi connectivity index (χ0) is 18.9. The second kappa shape index (κ2) is 10.4. The Balaban J connectivity index is 0.00000196. The summed E-state index contributed by atoms with van der Waals surface area (Å²) in [6.07, 6.45) is 4.60. The van der Waals surface area contributed by atoms with Crippen molar-refractivity contribution in [2.45, 2.75) is 43.0 Å². The SMILES string of the molecule is C[SiH](C)[Hf+2]([NH]C(=O)c1cccc(C(C)(C)C)c1)[CH]1C=Cc2ccccc21.[Cl-].[Cl-]. The number of carbonyl (C=O) groups excluding carboxylic acids is 1. The Morgan fingerprint density at radius 1 is 1.04 bits per heavy atom. The third-order valence-electron chi connectivity index (χ3n) is 5.01. The molecule has 2 aromatic rings. The van der Waals surface area contributed by atoms with Gasteiger partial charge in [-0.25, -0.2) is 0 Å². The van der Waals surface area contributed by atoms with Gasteiger partial charge in [0.05, 0.1) is 0 Å². The number of hydrogen-bond acceptors (Lipinski definition) is 1. The first-order chi connectivity index (χ1) is 12.3. The summed E-state index contributed by atoms with van der Waals surface area (Å²) in [4.78, 5) is 13.0. The van der Waals surface area contributed by atoms with Crippen LogP contribution in [0, 0.1) is 0 Å². The predicted molar refractivity (Wildman–Crippen MR) is 110 cm³/mol. The van der Waals surface area contributed by atoms with Gasteiger partial charge in [-0.3, -0.25) is 0 Å². The molecule has 0 saturated carbocycles. The first-order valence-electron chi connectivity index (χ1n) is 9.33. The maximum Gasteiger partial charge on any atom is -1.00 e. The number of rotatable bonds is 4. The Labute approximate surface area is 190 Å². The van der Waals surface area contributed by atoms with Gasteiger partial charge in [0.1, 0.15) is 0 Å². The minimum absolute atomic E-state index is 0. The van der Waals surface area contributed by atoms with Gasteiger partial charge in [0.2, 0.25) is 0 Å². The Morgan fingerprint density at radius 2 is 1.71 bits per heavy atom. The van der Waals surface area contributed by atoms with Gasteiger partial charge in [-0.05, 0) is 0 Å². The van der Waals surface area contributed by atoms with Crippen LogP contribution in [0.25, 0.3) is 6.08 Å². The van der Waals surface area contributed by atoms with E-state index in [1.807, 2.05) is 12.1 Å². The second-order valence-corrected chi connectivity index (χ2v) is 34.6. The number of halogens is 2. The van der Waals surface area contributed by atoms with E-state index in [2.05, 4.69) is 85.7 Å². The van der Waals surface area contributed by atoms with E-state index in [0.29, 0.717) is 3.67 Å². The van der Waals surface area contributed by atoms with Gasteiger partial charge in [0.15, 0.2) is 0 Å². The summed E-state index contributed by atoms with van der Waals surface area (Å²) in [6, 6.07) is 16.8. The molecule has 3 rings (SSSR count). The summed E-state index contributed by atoms with van der Waals surface area (Å²) < 4.78 is 4.08. The summed E-state index contributed by atoms with van der Waals surface area (Å²) in [6.45, 7) is 11.4. The van der Waals surface area contributed by atoms with E-state index in [-0.39, 0.29) is 36.1 Å². The topological polar surface area (TPSA) is 29.1 Å². The molecule has 2 nitrogen and oxygen atoms in total. The molecule has 1 aliphatic carbocycles. The molecular formula is C22H28Cl2HfNOSi. The molecule has 0 spiro atoms. The fraction of sp³-hybridized carbons (Fsp3) is 0.318. The fourth-order valence-corrected chi connectivity index (χ4v) is 24.0. The molecule has 149 valence electrons. The number of benzene rings is 2. The Hall–Kier alpha value is -0.683. The smallest absolute Gasteiger partial charge is 1.00 e. The molecule has 0 aromatic heterocycles. The van der Waals surface area contributed by atoms with Crippen molar-refractivity contribution < 1.29 is 50.5 Å². The van der Waals surface area contributed by atoms with E-state index in [4.69, 9.17) is 0 Å². The number of allylic oxidation sites excluding steroid dienone is 1. The van der Waals surface area contributed by atoms with Gasteiger partial charge in [0.25, 0.3) is 0 Å². The zero-order valence-electron chi connectivity index (χ0n) is 17.1. The van der Waals surface area contributed by atoms with Crippen molar-refractivity contribution in [2.24, 2.45) is 0 Å². The molecule has 0 bridgehead atoms. The van der Waals surface area contributed by atoms with E-state index in [1.54, 1.807) is 0 Å². The number of hydrogen-bond donors (Lipinski definition) is 1. The monoisotopic (exact) mass is 600 g/mol. The molecule has 0 aliphatic heterocycles.